The van der Waals surface area contributed by atoms with Gasteiger partial charge in [0.15, 0.2) is 12.4 Å². The molecule has 0 fully saturated rings. The molecule has 1 heterocycles. The number of nitrogens with one attached hydrogen (secondary N) is 1. The van der Waals surface area contributed by atoms with Crippen LogP contribution < -0.4 is 45.9 Å². The molecule has 1 N–H and O–H groups in total. The standard InChI is InChI=1S/C5H5N.BrH.HI/c1-2-4-6-5-3-1;;/h1-5H;2*1H/p-1. The van der Waals surface area contributed by atoms with Gasteiger partial charge in [0.05, 0.1) is 0 Å². The Kier molecular flexibility index (Phi) is 10.3. The van der Waals surface area contributed by atoms with E-state index in [4.69, 9.17) is 0 Å². The molecular formula is C5H6BrIN-. The Bertz CT molecular complexity index is 84.4. The lowest BCUT2D eigenvalue weighted by atomic mass is 10.5. The minimum Gasteiger partial charge on any atom is -1.00 e. The lowest BCUT2D eigenvalue weighted by Crippen LogP contribution is -3.00. The molecule has 1 rings (SSSR count). The predicted octanol–water partition coefficient (Wildman–Crippen LogP) is -5.49. The third-order valence-corrected chi connectivity index (χ3v) is 0.607. The number of aromatic nitrogens is 1. The fraction of sp³-hybridized carbons (Fsp3) is 0. The maximum Gasteiger partial charge on any atom is 0.166 e. The van der Waals surface area contributed by atoms with Crippen molar-refractivity contribution in [1.82, 2.24) is 0 Å². The minimum atomic E-state index is 0. The summed E-state index contributed by atoms with van der Waals surface area (Å²) in [6.07, 6.45) is 3.75. The zero-order valence-corrected chi connectivity index (χ0v) is 7.89. The van der Waals surface area contributed by atoms with E-state index in [2.05, 4.69) is 4.98 Å². The Morgan fingerprint density at radius 3 is 1.50 bits per heavy atom. The second-order valence-corrected chi connectivity index (χ2v) is 1.08. The summed E-state index contributed by atoms with van der Waals surface area (Å²) < 4.78 is 0. The topological polar surface area (TPSA) is 14.1 Å². The molecule has 3 heteroatoms. The molecule has 0 atom stereocenters. The summed E-state index contributed by atoms with van der Waals surface area (Å²) in [7, 11) is 0. The molecule has 0 aliphatic carbocycles. The highest BCUT2D eigenvalue weighted by Gasteiger charge is 1.65. The number of halogens is 2. The highest BCUT2D eigenvalue weighted by Crippen LogP contribution is 1.68. The smallest absolute Gasteiger partial charge is 0.166 e. The molecule has 0 bridgehead atoms. The van der Waals surface area contributed by atoms with Crippen LogP contribution in [0.1, 0.15) is 0 Å². The van der Waals surface area contributed by atoms with E-state index >= 15 is 0 Å². The van der Waals surface area contributed by atoms with Crippen LogP contribution in [0.3, 0.4) is 0 Å². The van der Waals surface area contributed by atoms with Crippen molar-refractivity contribution in [2.75, 3.05) is 0 Å². The van der Waals surface area contributed by atoms with Gasteiger partial charge >= 0.3 is 0 Å². The van der Waals surface area contributed by atoms with E-state index in [1.54, 1.807) is 0 Å². The Hall–Kier alpha value is 0.360. The Balaban J connectivity index is 0. The number of rotatable bonds is 0. The molecular weight excluding hydrogens is 281 g/mol. The average Bonchev–Trinajstić information content (AvgIpc) is 1.72. The third kappa shape index (κ3) is 4.52. The molecule has 8 heavy (non-hydrogen) atoms. The summed E-state index contributed by atoms with van der Waals surface area (Å²) in [6.45, 7) is 0. The number of pyridine rings is 1. The molecule has 0 saturated carbocycles. The van der Waals surface area contributed by atoms with Gasteiger partial charge in [0.1, 0.15) is 0 Å². The van der Waals surface area contributed by atoms with Gasteiger partial charge in [-0.05, 0) is 0 Å². The lowest BCUT2D eigenvalue weighted by molar-refractivity contribution is -0.377. The first-order chi connectivity index (χ1) is 3.00. The van der Waals surface area contributed by atoms with Crippen LogP contribution in [0.5, 0.6) is 0 Å². The van der Waals surface area contributed by atoms with E-state index in [1.807, 2.05) is 30.6 Å². The van der Waals surface area contributed by atoms with E-state index in [9.17, 15) is 0 Å². The minimum absolute atomic E-state index is 0. The Morgan fingerprint density at radius 1 is 0.875 bits per heavy atom. The number of hydrogen-bond donors (Lipinski definition) is 0. The lowest BCUT2D eigenvalue weighted by Gasteiger charge is -1.63. The van der Waals surface area contributed by atoms with Gasteiger partial charge in [-0.3, -0.25) is 0 Å². The Labute approximate surface area is 76.3 Å². The summed E-state index contributed by atoms with van der Waals surface area (Å²) in [5, 5.41) is 0. The molecule has 0 aromatic carbocycles. The van der Waals surface area contributed by atoms with Gasteiger partial charge in [0.25, 0.3) is 0 Å². The van der Waals surface area contributed by atoms with E-state index in [1.165, 1.54) is 0 Å². The summed E-state index contributed by atoms with van der Waals surface area (Å²) >= 11 is 0. The van der Waals surface area contributed by atoms with Crippen LogP contribution in [-0.4, -0.2) is 0 Å². The van der Waals surface area contributed by atoms with Crippen LogP contribution in [0.25, 0.3) is 0 Å². The van der Waals surface area contributed by atoms with Crippen LogP contribution in [0, 0.1) is 0 Å². The van der Waals surface area contributed by atoms with Gasteiger partial charge < -0.3 is 41.0 Å². The highest BCUT2D eigenvalue weighted by molar-refractivity contribution is 4.82. The van der Waals surface area contributed by atoms with Crippen molar-refractivity contribution in [2.24, 2.45) is 0 Å². The SMILES string of the molecule is [Br-].[I-].c1cc[nH+]cc1. The molecule has 46 valence electrons. The second-order valence-electron chi connectivity index (χ2n) is 1.08. The number of hydrogen-bond acceptors (Lipinski definition) is 0. The van der Waals surface area contributed by atoms with E-state index < -0.39 is 0 Å². The molecule has 0 amide bonds. The van der Waals surface area contributed by atoms with Crippen LogP contribution in [-0.2, 0) is 0 Å². The zero-order chi connectivity index (χ0) is 4.24. The molecule has 0 spiro atoms. The first-order valence-corrected chi connectivity index (χ1v) is 1.91. The van der Waals surface area contributed by atoms with Gasteiger partial charge in [0, 0.05) is 12.1 Å². The van der Waals surface area contributed by atoms with E-state index in [0.717, 1.165) is 0 Å². The first kappa shape index (κ1) is 11.2. The van der Waals surface area contributed by atoms with Crippen LogP contribution in [0.2, 0.25) is 0 Å². The van der Waals surface area contributed by atoms with Crippen molar-refractivity contribution in [2.45, 2.75) is 0 Å². The van der Waals surface area contributed by atoms with Gasteiger partial charge in [-0.25, -0.2) is 4.98 Å². The maximum absolute atomic E-state index is 2.89. The monoisotopic (exact) mass is 286 g/mol. The molecule has 0 radical (unpaired) electrons. The van der Waals surface area contributed by atoms with Gasteiger partial charge in [0.2, 0.25) is 0 Å². The van der Waals surface area contributed by atoms with Gasteiger partial charge in [-0.15, -0.1) is 0 Å². The molecule has 1 aromatic rings. The molecule has 0 unspecified atom stereocenters. The number of H-pyrrole nitrogens is 1. The third-order valence-electron chi connectivity index (χ3n) is 0.607. The summed E-state index contributed by atoms with van der Waals surface area (Å²) in [6, 6.07) is 5.86. The average molecular weight is 287 g/mol. The first-order valence-electron chi connectivity index (χ1n) is 1.91. The fourth-order valence-electron chi connectivity index (χ4n) is 0.342. The molecule has 0 saturated heterocycles. The second kappa shape index (κ2) is 7.36. The van der Waals surface area contributed by atoms with Crippen molar-refractivity contribution in [1.29, 1.82) is 0 Å². The molecule has 0 aliphatic heterocycles. The van der Waals surface area contributed by atoms with Gasteiger partial charge in [-0.2, -0.15) is 0 Å². The molecule has 1 aromatic heterocycles. The predicted molar refractivity (Wildman–Crippen MR) is 23.0 cm³/mol. The molecule has 0 aliphatic rings. The highest BCUT2D eigenvalue weighted by atomic mass is 127. The quantitative estimate of drug-likeness (QED) is 0.423. The van der Waals surface area contributed by atoms with Gasteiger partial charge in [-0.1, -0.05) is 6.07 Å². The zero-order valence-electron chi connectivity index (χ0n) is 4.14. The normalized spacial score (nSPS) is 6.00. The van der Waals surface area contributed by atoms with Crippen molar-refractivity contribution in [3.63, 3.8) is 0 Å². The maximum atomic E-state index is 2.89. The summed E-state index contributed by atoms with van der Waals surface area (Å²) in [5.74, 6) is 0. The summed E-state index contributed by atoms with van der Waals surface area (Å²) in [5.41, 5.74) is 0. The fourth-order valence-corrected chi connectivity index (χ4v) is 0.342. The van der Waals surface area contributed by atoms with Crippen LogP contribution >= 0.6 is 0 Å². The van der Waals surface area contributed by atoms with E-state index in [-0.39, 0.29) is 41.0 Å². The molecule has 1 nitrogen and oxygen atoms in total. The van der Waals surface area contributed by atoms with Crippen molar-refractivity contribution >= 4 is 0 Å². The Morgan fingerprint density at radius 2 is 1.38 bits per heavy atom. The van der Waals surface area contributed by atoms with Crippen LogP contribution in [0.4, 0.5) is 0 Å². The largest absolute Gasteiger partial charge is 1.00 e. The number of aromatic amines is 1. The van der Waals surface area contributed by atoms with E-state index in [0.29, 0.717) is 0 Å². The van der Waals surface area contributed by atoms with Crippen molar-refractivity contribution in [3.8, 4) is 0 Å². The van der Waals surface area contributed by atoms with Crippen LogP contribution in [0.15, 0.2) is 30.6 Å². The summed E-state index contributed by atoms with van der Waals surface area (Å²) in [4.78, 5) is 2.89. The van der Waals surface area contributed by atoms with Crippen molar-refractivity contribution < 1.29 is 45.9 Å². The van der Waals surface area contributed by atoms with Crippen molar-refractivity contribution in [3.05, 3.63) is 30.6 Å².